The van der Waals surface area contributed by atoms with Gasteiger partial charge in [-0.15, -0.1) is 24.9 Å². The second-order valence-corrected chi connectivity index (χ2v) is 16.4. The molecule has 0 radical (unpaired) electrons. The van der Waals surface area contributed by atoms with Gasteiger partial charge in [0, 0.05) is 16.8 Å². The van der Waals surface area contributed by atoms with Gasteiger partial charge in [0.15, 0.2) is 0 Å². The van der Waals surface area contributed by atoms with Crippen molar-refractivity contribution in [1.29, 1.82) is 0 Å². The Morgan fingerprint density at radius 1 is 1.16 bits per heavy atom. The maximum Gasteiger partial charge on any atom is 0.311 e. The van der Waals surface area contributed by atoms with Crippen LogP contribution in [0.2, 0.25) is 0 Å². The Morgan fingerprint density at radius 2 is 1.84 bits per heavy atom. The third kappa shape index (κ3) is 6.19. The fraction of sp³-hybridized carbons (Fsp3) is 0.629. The van der Waals surface area contributed by atoms with Gasteiger partial charge in [-0.25, -0.2) is 0 Å². The Hall–Kier alpha value is -2.58. The lowest BCUT2D eigenvalue weighted by Crippen LogP contribution is -2.61. The number of carbonyl (C=O) groups is 3. The highest BCUT2D eigenvalue weighted by molar-refractivity contribution is 8.02. The van der Waals surface area contributed by atoms with E-state index in [-0.39, 0.29) is 36.4 Å². The zero-order valence-corrected chi connectivity index (χ0v) is 27.6. The van der Waals surface area contributed by atoms with E-state index in [9.17, 15) is 14.7 Å². The molecule has 3 aliphatic heterocycles. The molecule has 2 bridgehead atoms. The Bertz CT molecular complexity index is 1230. The van der Waals surface area contributed by atoms with E-state index in [0.717, 1.165) is 12.0 Å². The normalized spacial score (nSPS) is 28.9. The number of likely N-dealkylation sites (tertiary alicyclic amines) is 1. The molecular formula is C35H50N2O5S. The Kier molecular flexibility index (Phi) is 9.63. The molecule has 2 unspecified atom stereocenters. The molecule has 8 heteroatoms. The monoisotopic (exact) mass is 610 g/mol. The molecule has 0 aliphatic carbocycles. The van der Waals surface area contributed by atoms with Crippen LogP contribution in [0.3, 0.4) is 0 Å². The number of rotatable bonds is 13. The van der Waals surface area contributed by atoms with Gasteiger partial charge in [-0.2, -0.15) is 0 Å². The lowest BCUT2D eigenvalue weighted by atomic mass is 9.66. The van der Waals surface area contributed by atoms with Gasteiger partial charge < -0.3 is 19.6 Å². The number of amides is 2. The molecule has 3 fully saturated rings. The number of thioether (sulfide) groups is 1. The van der Waals surface area contributed by atoms with E-state index >= 15 is 4.79 Å². The molecule has 236 valence electrons. The number of esters is 1. The van der Waals surface area contributed by atoms with Crippen LogP contribution in [0.25, 0.3) is 0 Å². The highest BCUT2D eigenvalue weighted by Gasteiger charge is 2.78. The van der Waals surface area contributed by atoms with Crippen LogP contribution in [-0.2, 0) is 25.5 Å². The molecule has 2 amide bonds. The highest BCUT2D eigenvalue weighted by atomic mass is 32.2. The van der Waals surface area contributed by atoms with Gasteiger partial charge in [-0.05, 0) is 63.9 Å². The van der Waals surface area contributed by atoms with E-state index in [1.165, 1.54) is 0 Å². The summed E-state index contributed by atoms with van der Waals surface area (Å²) in [6.07, 6.45) is 6.46. The summed E-state index contributed by atoms with van der Waals surface area (Å²) >= 11 is 1.63. The maximum atomic E-state index is 15.1. The van der Waals surface area contributed by atoms with Crippen molar-refractivity contribution in [1.82, 2.24) is 9.80 Å². The van der Waals surface area contributed by atoms with Crippen molar-refractivity contribution >= 4 is 29.5 Å². The number of fused-ring (bicyclic) bond motifs is 1. The SMILES string of the molecule is C=CCCOC(=O)[C@@H]1[C@H]2C(=O)N([C@@H](CO)Cc3ccccc3)C(C(=O)N(CC=C)C(C)(C)CC(C)(C)C)C23CC[C@@]1(C)S3. The number of aliphatic hydroxyl groups is 1. The van der Waals surface area contributed by atoms with Crippen LogP contribution in [0.5, 0.6) is 0 Å². The molecule has 1 aromatic carbocycles. The van der Waals surface area contributed by atoms with Gasteiger partial charge in [0.1, 0.15) is 6.04 Å². The minimum Gasteiger partial charge on any atom is -0.465 e. The third-order valence-electron chi connectivity index (χ3n) is 9.46. The minimum absolute atomic E-state index is 0.0511. The summed E-state index contributed by atoms with van der Waals surface area (Å²) in [6.45, 7) is 20.6. The van der Waals surface area contributed by atoms with Gasteiger partial charge in [-0.3, -0.25) is 14.4 Å². The molecule has 3 aliphatic rings. The van der Waals surface area contributed by atoms with Gasteiger partial charge >= 0.3 is 5.97 Å². The van der Waals surface area contributed by atoms with E-state index < -0.39 is 39.0 Å². The van der Waals surface area contributed by atoms with Gasteiger partial charge in [0.05, 0.1) is 35.8 Å². The van der Waals surface area contributed by atoms with Crippen molar-refractivity contribution in [3.63, 3.8) is 0 Å². The molecule has 0 aromatic heterocycles. The van der Waals surface area contributed by atoms with Crippen molar-refractivity contribution in [2.45, 2.75) is 101 Å². The molecule has 1 aromatic rings. The first-order valence-electron chi connectivity index (χ1n) is 15.5. The molecule has 7 nitrogen and oxygen atoms in total. The van der Waals surface area contributed by atoms with E-state index in [4.69, 9.17) is 4.74 Å². The Morgan fingerprint density at radius 3 is 2.42 bits per heavy atom. The number of benzene rings is 1. The van der Waals surface area contributed by atoms with Crippen LogP contribution in [0.15, 0.2) is 55.6 Å². The van der Waals surface area contributed by atoms with E-state index in [0.29, 0.717) is 32.2 Å². The maximum absolute atomic E-state index is 15.1. The Balaban J connectivity index is 1.83. The predicted octanol–water partition coefficient (Wildman–Crippen LogP) is 5.42. The Labute approximate surface area is 262 Å². The molecular weight excluding hydrogens is 560 g/mol. The van der Waals surface area contributed by atoms with E-state index in [1.54, 1.807) is 28.8 Å². The lowest BCUT2D eigenvalue weighted by molar-refractivity contribution is -0.156. The molecule has 3 heterocycles. The van der Waals surface area contributed by atoms with Crippen LogP contribution < -0.4 is 0 Å². The number of hydrogen-bond donors (Lipinski definition) is 1. The molecule has 43 heavy (non-hydrogen) atoms. The fourth-order valence-electron chi connectivity index (χ4n) is 8.17. The molecule has 0 saturated carbocycles. The standard InChI is InChI=1S/C35H50N2O5S/c1-9-11-20-42-31(41)27-26-29(39)37(25(22-38)21-24-15-13-12-14-16-24)28(35(26)18-17-34(27,8)43-35)30(40)36(19-10-2)33(6,7)23-32(3,4)5/h9-10,12-16,25-28,38H,1-2,11,17-23H2,3-8H3/t25-,26+,27+,28?,34-,35?/m1/s1. The smallest absolute Gasteiger partial charge is 0.311 e. The molecule has 1 N–H and O–H groups in total. The minimum atomic E-state index is -0.831. The molecule has 4 rings (SSSR count). The van der Waals surface area contributed by atoms with Crippen LogP contribution in [0.4, 0.5) is 0 Å². The van der Waals surface area contributed by atoms with Crippen LogP contribution in [0, 0.1) is 17.3 Å². The molecule has 6 atom stereocenters. The number of nitrogens with zero attached hydrogens (tertiary/aromatic N) is 2. The summed E-state index contributed by atoms with van der Waals surface area (Å²) in [6, 6.07) is 8.28. The molecule has 3 saturated heterocycles. The summed E-state index contributed by atoms with van der Waals surface area (Å²) in [7, 11) is 0. The quantitative estimate of drug-likeness (QED) is 0.182. The molecule has 1 spiro atoms. The average molecular weight is 611 g/mol. The van der Waals surface area contributed by atoms with Crippen molar-refractivity contribution in [2.75, 3.05) is 19.8 Å². The van der Waals surface area contributed by atoms with Crippen molar-refractivity contribution < 1.29 is 24.2 Å². The number of aliphatic hydroxyl groups excluding tert-OH is 1. The second-order valence-electron chi connectivity index (χ2n) is 14.5. The van der Waals surface area contributed by atoms with Crippen molar-refractivity contribution in [3.8, 4) is 0 Å². The van der Waals surface area contributed by atoms with Crippen molar-refractivity contribution in [2.24, 2.45) is 17.3 Å². The zero-order chi connectivity index (χ0) is 31.8. The van der Waals surface area contributed by atoms with Crippen molar-refractivity contribution in [3.05, 3.63) is 61.2 Å². The number of hydrogen-bond acceptors (Lipinski definition) is 6. The van der Waals surface area contributed by atoms with E-state index in [2.05, 4.69) is 47.8 Å². The van der Waals surface area contributed by atoms with Crippen LogP contribution in [-0.4, -0.2) is 79.6 Å². The van der Waals surface area contributed by atoms with Gasteiger partial charge in [-0.1, -0.05) is 63.3 Å². The van der Waals surface area contributed by atoms with Gasteiger partial charge in [0.25, 0.3) is 0 Å². The summed E-state index contributed by atoms with van der Waals surface area (Å²) in [5.41, 5.74) is 0.384. The fourth-order valence-corrected chi connectivity index (χ4v) is 10.5. The number of carbonyl (C=O) groups excluding carboxylic acids is 3. The zero-order valence-electron chi connectivity index (χ0n) is 26.8. The number of ether oxygens (including phenoxy) is 1. The largest absolute Gasteiger partial charge is 0.465 e. The third-order valence-corrected chi connectivity index (χ3v) is 11.4. The highest BCUT2D eigenvalue weighted by Crippen LogP contribution is 2.72. The predicted molar refractivity (Wildman–Crippen MR) is 172 cm³/mol. The summed E-state index contributed by atoms with van der Waals surface area (Å²) in [5.74, 6) is -2.14. The van der Waals surface area contributed by atoms with E-state index in [1.807, 2.05) is 42.2 Å². The average Bonchev–Trinajstić information content (AvgIpc) is 3.50. The van der Waals surface area contributed by atoms with Gasteiger partial charge in [0.2, 0.25) is 11.8 Å². The summed E-state index contributed by atoms with van der Waals surface area (Å²) in [5, 5.41) is 10.8. The first-order chi connectivity index (χ1) is 20.2. The lowest BCUT2D eigenvalue weighted by Gasteiger charge is -2.46. The first-order valence-corrected chi connectivity index (χ1v) is 16.3. The first kappa shape index (κ1) is 33.3. The topological polar surface area (TPSA) is 87.1 Å². The summed E-state index contributed by atoms with van der Waals surface area (Å²) in [4.78, 5) is 47.0. The van der Waals surface area contributed by atoms with Crippen LogP contribution in [0.1, 0.15) is 72.8 Å². The second kappa shape index (κ2) is 12.4. The van der Waals surface area contributed by atoms with Crippen LogP contribution >= 0.6 is 11.8 Å². The summed E-state index contributed by atoms with van der Waals surface area (Å²) < 4.78 is 4.38.